The highest BCUT2D eigenvalue weighted by atomic mass is 35.5. The summed E-state index contributed by atoms with van der Waals surface area (Å²) in [7, 11) is 3.63. The van der Waals surface area contributed by atoms with Crippen LogP contribution in [0.2, 0.25) is 10.0 Å². The molecule has 3 aromatic heterocycles. The van der Waals surface area contributed by atoms with E-state index < -0.39 is 5.97 Å². The van der Waals surface area contributed by atoms with E-state index in [9.17, 15) is 9.90 Å². The summed E-state index contributed by atoms with van der Waals surface area (Å²) in [4.78, 5) is 29.6. The number of carboxylic acids is 1. The number of aryl methyl sites for hydroxylation is 6. The Labute approximate surface area is 347 Å². The highest BCUT2D eigenvalue weighted by Gasteiger charge is 2.38. The molecule has 0 bridgehead atoms. The number of fused-ring (bicyclic) bond motifs is 4. The lowest BCUT2D eigenvalue weighted by molar-refractivity contribution is 0.0686. The molecule has 1 aliphatic heterocycles. The first-order chi connectivity index (χ1) is 27.8. The van der Waals surface area contributed by atoms with E-state index in [1.54, 1.807) is 22.6 Å². The molecule has 12 heteroatoms. The fourth-order valence-corrected chi connectivity index (χ4v) is 9.01. The molecule has 1 atom stereocenters. The molecule has 8 rings (SSSR count). The molecule has 1 aliphatic rings. The van der Waals surface area contributed by atoms with Crippen molar-refractivity contribution in [1.82, 2.24) is 18.9 Å². The van der Waals surface area contributed by atoms with Crippen molar-refractivity contribution in [3.63, 3.8) is 0 Å². The quantitative estimate of drug-likeness (QED) is 0.130. The van der Waals surface area contributed by atoms with Gasteiger partial charge in [-0.2, -0.15) is 5.10 Å². The van der Waals surface area contributed by atoms with Crippen molar-refractivity contribution in [2.75, 3.05) is 18.1 Å². The molecule has 4 aromatic carbocycles. The Morgan fingerprint density at radius 3 is 2.29 bits per heavy atom. The predicted octanol–water partition coefficient (Wildman–Crippen LogP) is 10.6. The second-order valence-corrected chi connectivity index (χ2v) is 16.1. The maximum atomic E-state index is 15.3. The molecule has 0 unspecified atom stereocenters. The molecule has 0 radical (unpaired) electrons. The molecule has 58 heavy (non-hydrogen) atoms. The number of halogens is 2. The van der Waals surface area contributed by atoms with E-state index in [0.717, 1.165) is 66.4 Å². The van der Waals surface area contributed by atoms with E-state index in [2.05, 4.69) is 11.5 Å². The number of benzene rings is 4. The lowest BCUT2D eigenvalue weighted by Gasteiger charge is -2.35. The van der Waals surface area contributed by atoms with Crippen LogP contribution in [0, 0.1) is 27.7 Å². The van der Waals surface area contributed by atoms with Crippen LogP contribution in [0.4, 0.5) is 5.69 Å². The van der Waals surface area contributed by atoms with Crippen molar-refractivity contribution in [3.05, 3.63) is 128 Å². The summed E-state index contributed by atoms with van der Waals surface area (Å²) in [5.41, 5.74) is 10.2. The number of rotatable bonds is 11. The molecule has 0 aliphatic carbocycles. The SMILES string of the molecule is Cc1cc(OCCCc2c3n(c4c(-c5c(C)nn(C)c5C)c(Cl)ccc24)[C@H](C)CN(c2ccc(OCc4ccccc4)c4c2cc(C(=O)O)n4C)C3=O)cc(C)c1Cl. The van der Waals surface area contributed by atoms with Gasteiger partial charge in [0.15, 0.2) is 0 Å². The first-order valence-corrected chi connectivity index (χ1v) is 20.1. The van der Waals surface area contributed by atoms with E-state index >= 15 is 4.79 Å². The molecule has 0 fully saturated rings. The number of nitrogens with zero attached hydrogens (tertiary/aromatic N) is 5. The van der Waals surface area contributed by atoms with Gasteiger partial charge in [-0.05, 0) is 106 Å². The maximum Gasteiger partial charge on any atom is 0.352 e. The van der Waals surface area contributed by atoms with Crippen molar-refractivity contribution in [2.45, 2.75) is 60.1 Å². The van der Waals surface area contributed by atoms with Crippen LogP contribution in [0.15, 0.2) is 72.8 Å². The lowest BCUT2D eigenvalue weighted by atomic mass is 9.98. The Bertz CT molecular complexity index is 2760. The van der Waals surface area contributed by atoms with Gasteiger partial charge >= 0.3 is 5.97 Å². The normalized spacial score (nSPS) is 14.1. The highest BCUT2D eigenvalue weighted by molar-refractivity contribution is 6.35. The van der Waals surface area contributed by atoms with Gasteiger partial charge < -0.3 is 28.6 Å². The van der Waals surface area contributed by atoms with Crippen molar-refractivity contribution in [2.24, 2.45) is 14.1 Å². The van der Waals surface area contributed by atoms with E-state index in [0.29, 0.717) is 65.7 Å². The number of aromatic nitrogens is 4. The number of aromatic carboxylic acids is 1. The first kappa shape index (κ1) is 39.1. The van der Waals surface area contributed by atoms with E-state index in [-0.39, 0.29) is 17.6 Å². The molecule has 1 amide bonds. The summed E-state index contributed by atoms with van der Waals surface area (Å²) in [6.07, 6.45) is 1.19. The molecular formula is C46H45Cl2N5O5. The van der Waals surface area contributed by atoms with Gasteiger partial charge in [0.1, 0.15) is 29.5 Å². The van der Waals surface area contributed by atoms with E-state index in [1.165, 1.54) is 0 Å². The third kappa shape index (κ3) is 6.58. The molecule has 10 nitrogen and oxygen atoms in total. The van der Waals surface area contributed by atoms with Gasteiger partial charge in [-0.3, -0.25) is 9.48 Å². The molecule has 1 N–H and O–H groups in total. The minimum atomic E-state index is -1.07. The molecular weight excluding hydrogens is 773 g/mol. The minimum Gasteiger partial charge on any atom is -0.494 e. The van der Waals surface area contributed by atoms with Gasteiger partial charge in [-0.25, -0.2) is 4.79 Å². The number of ether oxygens (including phenoxy) is 2. The Morgan fingerprint density at radius 1 is 0.897 bits per heavy atom. The fraction of sp³-hybridized carbons (Fsp3) is 0.283. The number of carbonyl (C=O) groups is 2. The van der Waals surface area contributed by atoms with Crippen molar-refractivity contribution < 1.29 is 24.2 Å². The van der Waals surface area contributed by atoms with Crippen LogP contribution in [0.1, 0.15) is 74.0 Å². The summed E-state index contributed by atoms with van der Waals surface area (Å²) in [5.74, 6) is 0.0173. The molecule has 0 spiro atoms. The van der Waals surface area contributed by atoms with Crippen molar-refractivity contribution in [3.8, 4) is 22.6 Å². The Kier molecular flexibility index (Phi) is 10.3. The van der Waals surface area contributed by atoms with Gasteiger partial charge in [0.05, 0.1) is 34.0 Å². The molecule has 0 saturated heterocycles. The van der Waals surface area contributed by atoms with E-state index in [1.807, 2.05) is 106 Å². The zero-order valence-electron chi connectivity index (χ0n) is 33.6. The van der Waals surface area contributed by atoms with Crippen molar-refractivity contribution in [1.29, 1.82) is 0 Å². The summed E-state index contributed by atoms with van der Waals surface area (Å²) < 4.78 is 18.2. The average Bonchev–Trinajstić information content (AvgIpc) is 3.81. The summed E-state index contributed by atoms with van der Waals surface area (Å²) in [6.45, 7) is 11.1. The van der Waals surface area contributed by atoms with E-state index in [4.69, 9.17) is 37.8 Å². The second-order valence-electron chi connectivity index (χ2n) is 15.3. The minimum absolute atomic E-state index is 0.0897. The number of hydrogen-bond donors (Lipinski definition) is 1. The number of amides is 1. The maximum absolute atomic E-state index is 15.3. The number of carboxylic acid groups (broad SMARTS) is 1. The van der Waals surface area contributed by atoms with Crippen LogP contribution in [-0.2, 0) is 27.1 Å². The summed E-state index contributed by atoms with van der Waals surface area (Å²) in [6, 6.07) is 22.8. The monoisotopic (exact) mass is 817 g/mol. The topological polar surface area (TPSA) is 104 Å². The summed E-state index contributed by atoms with van der Waals surface area (Å²) in [5, 5.41) is 17.8. The largest absolute Gasteiger partial charge is 0.494 e. The molecule has 4 heterocycles. The van der Waals surface area contributed by atoms with Crippen LogP contribution in [0.5, 0.6) is 11.5 Å². The van der Waals surface area contributed by atoms with Crippen LogP contribution >= 0.6 is 23.2 Å². The Hall–Kier alpha value is -5.71. The number of carbonyl (C=O) groups excluding carboxylic acids is 1. The first-order valence-electron chi connectivity index (χ1n) is 19.4. The third-order valence-electron chi connectivity index (χ3n) is 11.4. The zero-order valence-corrected chi connectivity index (χ0v) is 35.1. The zero-order chi connectivity index (χ0) is 41.2. The van der Waals surface area contributed by atoms with Gasteiger partial charge in [0, 0.05) is 59.3 Å². The number of hydrogen-bond acceptors (Lipinski definition) is 5. The fourth-order valence-electron chi connectivity index (χ4n) is 8.65. The summed E-state index contributed by atoms with van der Waals surface area (Å²) >= 11 is 13.6. The second kappa shape index (κ2) is 15.2. The Morgan fingerprint density at radius 2 is 1.62 bits per heavy atom. The predicted molar refractivity (Wildman–Crippen MR) is 230 cm³/mol. The third-order valence-corrected chi connectivity index (χ3v) is 12.4. The van der Waals surface area contributed by atoms with Crippen molar-refractivity contribution >= 4 is 62.6 Å². The van der Waals surface area contributed by atoms with Gasteiger partial charge in [-0.15, -0.1) is 0 Å². The van der Waals surface area contributed by atoms with Gasteiger partial charge in [0.25, 0.3) is 5.91 Å². The molecule has 0 saturated carbocycles. The standard InChI is InChI=1S/C46H45Cl2N5O5/c1-25-20-31(21-26(2)41(25)48)57-19-11-14-32-33-15-16-35(47)40(39-28(4)49-51(7)29(39)5)43(33)53-27(3)23-52(45(54)44(32)53)36-17-18-38(58-24-30-12-9-8-10-13-30)42-34(36)22-37(46(55)56)50(42)6/h8-10,12-13,15-18,20-22,27H,11,14,19,23-24H2,1-7H3,(H,55,56)/t27-/m1/s1. The number of anilines is 1. The Balaban J connectivity index is 1.25. The average molecular weight is 819 g/mol. The van der Waals surface area contributed by atoms with Crippen LogP contribution in [-0.4, -0.2) is 49.0 Å². The lowest BCUT2D eigenvalue weighted by Crippen LogP contribution is -2.42. The van der Waals surface area contributed by atoms with Crippen LogP contribution in [0.25, 0.3) is 32.9 Å². The smallest absolute Gasteiger partial charge is 0.352 e. The van der Waals surface area contributed by atoms with Gasteiger partial charge in [0.2, 0.25) is 0 Å². The highest BCUT2D eigenvalue weighted by Crippen LogP contribution is 2.46. The van der Waals surface area contributed by atoms with Crippen LogP contribution in [0.3, 0.4) is 0 Å². The van der Waals surface area contributed by atoms with Gasteiger partial charge in [-0.1, -0.05) is 59.6 Å². The molecule has 7 aromatic rings. The molecule has 298 valence electrons. The van der Waals surface area contributed by atoms with Crippen LogP contribution < -0.4 is 14.4 Å².